The van der Waals surface area contributed by atoms with Gasteiger partial charge in [0.05, 0.1) is 0 Å². The van der Waals surface area contributed by atoms with Gasteiger partial charge in [-0.15, -0.1) is 0 Å². The van der Waals surface area contributed by atoms with Gasteiger partial charge in [0.1, 0.15) is 6.54 Å². The van der Waals surface area contributed by atoms with E-state index in [-0.39, 0.29) is 12.5 Å². The third-order valence-corrected chi connectivity index (χ3v) is 4.41. The second-order valence-corrected chi connectivity index (χ2v) is 6.96. The van der Waals surface area contributed by atoms with Crippen LogP contribution in [0, 0.1) is 5.41 Å². The number of guanidine groups is 1. The maximum absolute atomic E-state index is 11.7. The van der Waals surface area contributed by atoms with Crippen molar-refractivity contribution in [3.05, 3.63) is 0 Å². The van der Waals surface area contributed by atoms with E-state index in [1.807, 2.05) is 0 Å². The molecule has 0 spiro atoms. The molecule has 1 fully saturated rings. The molecule has 0 aliphatic heterocycles. The monoisotopic (exact) mass is 310 g/mol. The Morgan fingerprint density at radius 2 is 1.77 bits per heavy atom. The zero-order valence-electron chi connectivity index (χ0n) is 14.9. The Kier molecular flexibility index (Phi) is 8.28. The normalized spacial score (nSPS) is 18.5. The topological polar surface area (TPSA) is 56.7 Å². The van der Waals surface area contributed by atoms with Crippen molar-refractivity contribution in [1.82, 2.24) is 15.5 Å². The zero-order valence-corrected chi connectivity index (χ0v) is 14.9. The Labute approximate surface area is 135 Å². The van der Waals surface area contributed by atoms with Gasteiger partial charge in [0.15, 0.2) is 5.96 Å². The van der Waals surface area contributed by atoms with Crippen LogP contribution in [0.4, 0.5) is 0 Å². The summed E-state index contributed by atoms with van der Waals surface area (Å²) in [7, 11) is 3.52. The summed E-state index contributed by atoms with van der Waals surface area (Å²) in [6, 6.07) is 0. The molecule has 5 heteroatoms. The Morgan fingerprint density at radius 1 is 1.14 bits per heavy atom. The van der Waals surface area contributed by atoms with Gasteiger partial charge in [-0.1, -0.05) is 39.5 Å². The Hall–Kier alpha value is -1.26. The lowest BCUT2D eigenvalue weighted by molar-refractivity contribution is -0.127. The molecule has 0 aromatic heterocycles. The number of carbonyl (C=O) groups excluding carboxylic acids is 1. The highest BCUT2D eigenvalue weighted by molar-refractivity contribution is 5.84. The fourth-order valence-corrected chi connectivity index (χ4v) is 2.76. The number of hydrogen-bond donors (Lipinski definition) is 2. The quantitative estimate of drug-likeness (QED) is 0.450. The third kappa shape index (κ3) is 7.14. The van der Waals surface area contributed by atoms with Crippen molar-refractivity contribution in [3.8, 4) is 0 Å². The number of carbonyl (C=O) groups is 1. The lowest BCUT2D eigenvalue weighted by atomic mass is 9.82. The summed E-state index contributed by atoms with van der Waals surface area (Å²) in [5.41, 5.74) is 0.344. The van der Waals surface area contributed by atoms with Gasteiger partial charge in [-0.05, 0) is 24.7 Å². The van der Waals surface area contributed by atoms with Crippen molar-refractivity contribution in [2.75, 3.05) is 33.7 Å². The average molecular weight is 310 g/mol. The molecule has 5 nitrogen and oxygen atoms in total. The summed E-state index contributed by atoms with van der Waals surface area (Å²) >= 11 is 0. The van der Waals surface area contributed by atoms with Crippen LogP contribution in [0.5, 0.6) is 0 Å². The second kappa shape index (κ2) is 9.70. The number of nitrogens with zero attached hydrogens (tertiary/aromatic N) is 2. The van der Waals surface area contributed by atoms with Gasteiger partial charge in [-0.2, -0.15) is 0 Å². The van der Waals surface area contributed by atoms with Crippen LogP contribution in [0.2, 0.25) is 0 Å². The highest BCUT2D eigenvalue weighted by Gasteiger charge is 2.25. The number of aliphatic imine (C=N–C) groups is 1. The van der Waals surface area contributed by atoms with Gasteiger partial charge in [-0.3, -0.25) is 4.79 Å². The predicted molar refractivity (Wildman–Crippen MR) is 93.1 cm³/mol. The highest BCUT2D eigenvalue weighted by atomic mass is 16.2. The van der Waals surface area contributed by atoms with E-state index in [0.29, 0.717) is 5.41 Å². The molecule has 0 unspecified atom stereocenters. The minimum absolute atomic E-state index is 0.0262. The van der Waals surface area contributed by atoms with E-state index in [2.05, 4.69) is 29.5 Å². The van der Waals surface area contributed by atoms with Crippen LogP contribution in [0.3, 0.4) is 0 Å². The number of likely N-dealkylation sites (N-methyl/N-ethyl adjacent to an activating group) is 1. The van der Waals surface area contributed by atoms with E-state index in [0.717, 1.165) is 25.5 Å². The summed E-state index contributed by atoms with van der Waals surface area (Å²) in [5, 5.41) is 6.76. The second-order valence-electron chi connectivity index (χ2n) is 6.96. The molecule has 0 heterocycles. The van der Waals surface area contributed by atoms with Crippen molar-refractivity contribution in [2.45, 2.75) is 58.8 Å². The SMILES string of the molecule is CCCNC(=NCC(=O)N(C)C)NCC1(C)CCCCCC1. The summed E-state index contributed by atoms with van der Waals surface area (Å²) in [6.45, 7) is 6.50. The van der Waals surface area contributed by atoms with E-state index in [1.165, 1.54) is 38.5 Å². The summed E-state index contributed by atoms with van der Waals surface area (Å²) in [5.74, 6) is 0.792. The number of nitrogens with one attached hydrogen (secondary N) is 2. The Balaban J connectivity index is 2.55. The smallest absolute Gasteiger partial charge is 0.243 e. The fraction of sp³-hybridized carbons (Fsp3) is 0.882. The maximum Gasteiger partial charge on any atom is 0.243 e. The minimum Gasteiger partial charge on any atom is -0.356 e. The van der Waals surface area contributed by atoms with Gasteiger partial charge in [-0.25, -0.2) is 4.99 Å². The van der Waals surface area contributed by atoms with Gasteiger partial charge in [0.2, 0.25) is 5.91 Å². The van der Waals surface area contributed by atoms with Crippen LogP contribution in [-0.2, 0) is 4.79 Å². The Morgan fingerprint density at radius 3 is 2.32 bits per heavy atom. The van der Waals surface area contributed by atoms with E-state index in [1.54, 1.807) is 19.0 Å². The molecule has 1 aliphatic carbocycles. The molecular formula is C17H34N4O. The van der Waals surface area contributed by atoms with E-state index < -0.39 is 0 Å². The van der Waals surface area contributed by atoms with Crippen LogP contribution in [0.25, 0.3) is 0 Å². The zero-order chi connectivity index (χ0) is 16.4. The molecule has 0 bridgehead atoms. The molecule has 0 aromatic carbocycles. The lowest BCUT2D eigenvalue weighted by Crippen LogP contribution is -2.43. The number of hydrogen-bond acceptors (Lipinski definition) is 2. The standard InChI is InChI=1S/C17H34N4O/c1-5-12-18-16(19-13-15(22)21(3)4)20-14-17(2)10-8-6-7-9-11-17/h5-14H2,1-4H3,(H2,18,19,20). The maximum atomic E-state index is 11.7. The minimum atomic E-state index is 0.0262. The van der Waals surface area contributed by atoms with Crippen molar-refractivity contribution in [1.29, 1.82) is 0 Å². The third-order valence-electron chi connectivity index (χ3n) is 4.41. The van der Waals surface area contributed by atoms with E-state index in [9.17, 15) is 4.79 Å². The molecule has 22 heavy (non-hydrogen) atoms. The highest BCUT2D eigenvalue weighted by Crippen LogP contribution is 2.33. The summed E-state index contributed by atoms with van der Waals surface area (Å²) in [6.07, 6.45) is 8.97. The first kappa shape index (κ1) is 18.8. The molecule has 0 aromatic rings. The van der Waals surface area contributed by atoms with Gasteiger partial charge < -0.3 is 15.5 Å². The van der Waals surface area contributed by atoms with Crippen LogP contribution >= 0.6 is 0 Å². The molecule has 1 saturated carbocycles. The van der Waals surface area contributed by atoms with Crippen molar-refractivity contribution >= 4 is 11.9 Å². The summed E-state index contributed by atoms with van der Waals surface area (Å²) < 4.78 is 0. The molecule has 1 aliphatic rings. The van der Waals surface area contributed by atoms with Gasteiger partial charge in [0.25, 0.3) is 0 Å². The van der Waals surface area contributed by atoms with Crippen LogP contribution < -0.4 is 10.6 Å². The molecule has 1 amide bonds. The van der Waals surface area contributed by atoms with Crippen LogP contribution in [-0.4, -0.2) is 50.5 Å². The van der Waals surface area contributed by atoms with Crippen LogP contribution in [0.1, 0.15) is 58.8 Å². The van der Waals surface area contributed by atoms with E-state index in [4.69, 9.17) is 0 Å². The Bertz CT molecular complexity index is 358. The molecule has 0 atom stereocenters. The summed E-state index contributed by atoms with van der Waals surface area (Å²) in [4.78, 5) is 17.7. The van der Waals surface area contributed by atoms with Gasteiger partial charge in [0, 0.05) is 27.2 Å². The first-order chi connectivity index (χ1) is 10.5. The van der Waals surface area contributed by atoms with Crippen molar-refractivity contribution < 1.29 is 4.79 Å². The van der Waals surface area contributed by atoms with Gasteiger partial charge >= 0.3 is 0 Å². The van der Waals surface area contributed by atoms with Crippen molar-refractivity contribution in [2.24, 2.45) is 10.4 Å². The lowest BCUT2D eigenvalue weighted by Gasteiger charge is -2.29. The van der Waals surface area contributed by atoms with E-state index >= 15 is 0 Å². The molecular weight excluding hydrogens is 276 g/mol. The first-order valence-electron chi connectivity index (χ1n) is 8.69. The van der Waals surface area contributed by atoms with Crippen molar-refractivity contribution in [3.63, 3.8) is 0 Å². The number of rotatable bonds is 6. The average Bonchev–Trinajstić information content (AvgIpc) is 2.71. The van der Waals surface area contributed by atoms with Crippen LogP contribution in [0.15, 0.2) is 4.99 Å². The molecule has 0 saturated heterocycles. The predicted octanol–water partition coefficient (Wildman–Crippen LogP) is 2.38. The number of amides is 1. The fourth-order valence-electron chi connectivity index (χ4n) is 2.76. The largest absolute Gasteiger partial charge is 0.356 e. The molecule has 0 radical (unpaired) electrons. The molecule has 1 rings (SSSR count). The first-order valence-corrected chi connectivity index (χ1v) is 8.69. The molecule has 128 valence electrons. The molecule has 2 N–H and O–H groups in total.